The highest BCUT2D eigenvalue weighted by Crippen LogP contribution is 2.12. The number of nitrogens with zero attached hydrogens (tertiary/aromatic N) is 3. The van der Waals surface area contributed by atoms with Crippen LogP contribution in [0.25, 0.3) is 0 Å². The van der Waals surface area contributed by atoms with Crippen molar-refractivity contribution in [3.05, 3.63) is 54.1 Å². The standard InChI is InChI=1S/C13H14N4O/c1-17(9-10-2-5-15-6-3-10)13(18)11-8-16-7-4-12(11)14/h2-8H,9H2,1H3,(H2,14,16). The molecule has 0 aromatic carbocycles. The van der Waals surface area contributed by atoms with Gasteiger partial charge < -0.3 is 10.6 Å². The van der Waals surface area contributed by atoms with E-state index in [4.69, 9.17) is 5.73 Å². The molecule has 0 unspecified atom stereocenters. The SMILES string of the molecule is CN(Cc1ccncc1)C(=O)c1cnccc1N. The van der Waals surface area contributed by atoms with Gasteiger partial charge >= 0.3 is 0 Å². The minimum atomic E-state index is -0.141. The predicted molar refractivity (Wildman–Crippen MR) is 68.7 cm³/mol. The maximum atomic E-state index is 12.2. The van der Waals surface area contributed by atoms with Crippen LogP contribution in [0.1, 0.15) is 15.9 Å². The van der Waals surface area contributed by atoms with Crippen molar-refractivity contribution in [1.29, 1.82) is 0 Å². The first kappa shape index (κ1) is 12.0. The normalized spacial score (nSPS) is 10.1. The maximum Gasteiger partial charge on any atom is 0.257 e. The van der Waals surface area contributed by atoms with E-state index in [1.54, 1.807) is 36.6 Å². The molecule has 0 saturated heterocycles. The quantitative estimate of drug-likeness (QED) is 0.881. The third-order valence-electron chi connectivity index (χ3n) is 2.60. The van der Waals surface area contributed by atoms with Gasteiger partial charge in [-0.15, -0.1) is 0 Å². The van der Waals surface area contributed by atoms with Crippen molar-refractivity contribution in [3.8, 4) is 0 Å². The molecule has 18 heavy (non-hydrogen) atoms. The molecule has 2 aromatic rings. The van der Waals surface area contributed by atoms with Crippen LogP contribution in [-0.2, 0) is 6.54 Å². The Morgan fingerprint density at radius 2 is 1.89 bits per heavy atom. The summed E-state index contributed by atoms with van der Waals surface area (Å²) in [6.07, 6.45) is 6.45. The molecule has 2 rings (SSSR count). The van der Waals surface area contributed by atoms with E-state index >= 15 is 0 Å². The summed E-state index contributed by atoms with van der Waals surface area (Å²) in [4.78, 5) is 21.6. The average Bonchev–Trinajstić information content (AvgIpc) is 2.39. The van der Waals surface area contributed by atoms with Crippen LogP contribution in [0, 0.1) is 0 Å². The van der Waals surface area contributed by atoms with Crippen LogP contribution in [0.3, 0.4) is 0 Å². The third kappa shape index (κ3) is 2.63. The zero-order valence-electron chi connectivity index (χ0n) is 10.1. The van der Waals surface area contributed by atoms with Crippen LogP contribution in [0.2, 0.25) is 0 Å². The van der Waals surface area contributed by atoms with Crippen molar-refractivity contribution in [2.75, 3.05) is 12.8 Å². The second-order valence-electron chi connectivity index (χ2n) is 3.98. The van der Waals surface area contributed by atoms with Gasteiger partial charge in [-0.05, 0) is 23.8 Å². The highest BCUT2D eigenvalue weighted by molar-refractivity contribution is 5.98. The molecule has 5 nitrogen and oxygen atoms in total. The van der Waals surface area contributed by atoms with Gasteiger partial charge in [0.1, 0.15) is 0 Å². The number of carbonyl (C=O) groups excluding carboxylic acids is 1. The van der Waals surface area contributed by atoms with Crippen LogP contribution in [0.5, 0.6) is 0 Å². The van der Waals surface area contributed by atoms with Crippen molar-refractivity contribution in [2.24, 2.45) is 0 Å². The van der Waals surface area contributed by atoms with Crippen LogP contribution < -0.4 is 5.73 Å². The highest BCUT2D eigenvalue weighted by Gasteiger charge is 2.14. The highest BCUT2D eigenvalue weighted by atomic mass is 16.2. The van der Waals surface area contributed by atoms with Crippen molar-refractivity contribution < 1.29 is 4.79 Å². The largest absolute Gasteiger partial charge is 0.398 e. The lowest BCUT2D eigenvalue weighted by Crippen LogP contribution is -2.27. The van der Waals surface area contributed by atoms with E-state index < -0.39 is 0 Å². The first-order chi connectivity index (χ1) is 8.68. The Morgan fingerprint density at radius 1 is 1.22 bits per heavy atom. The van der Waals surface area contributed by atoms with Gasteiger partial charge in [-0.3, -0.25) is 14.8 Å². The molecule has 0 radical (unpaired) electrons. The van der Waals surface area contributed by atoms with Crippen LogP contribution in [-0.4, -0.2) is 27.8 Å². The monoisotopic (exact) mass is 242 g/mol. The average molecular weight is 242 g/mol. The molecule has 0 spiro atoms. The number of aromatic nitrogens is 2. The number of nitrogens with two attached hydrogens (primary N) is 1. The van der Waals surface area contributed by atoms with Gasteiger partial charge in [0.05, 0.1) is 5.56 Å². The summed E-state index contributed by atoms with van der Waals surface area (Å²) < 4.78 is 0. The van der Waals surface area contributed by atoms with Gasteiger partial charge in [0.25, 0.3) is 5.91 Å². The molecular weight excluding hydrogens is 228 g/mol. The number of pyridine rings is 2. The number of rotatable bonds is 3. The van der Waals surface area contributed by atoms with Gasteiger partial charge in [-0.2, -0.15) is 0 Å². The second-order valence-corrected chi connectivity index (χ2v) is 3.98. The Hall–Kier alpha value is -2.43. The molecule has 2 heterocycles. The number of hydrogen-bond acceptors (Lipinski definition) is 4. The molecule has 2 aromatic heterocycles. The van der Waals surface area contributed by atoms with E-state index in [2.05, 4.69) is 9.97 Å². The summed E-state index contributed by atoms with van der Waals surface area (Å²) in [6.45, 7) is 0.510. The molecule has 5 heteroatoms. The zero-order valence-corrected chi connectivity index (χ0v) is 10.1. The van der Waals surface area contributed by atoms with E-state index in [9.17, 15) is 4.79 Å². The van der Waals surface area contributed by atoms with Crippen molar-refractivity contribution in [3.63, 3.8) is 0 Å². The molecule has 0 bridgehead atoms. The van der Waals surface area contributed by atoms with E-state index in [1.807, 2.05) is 12.1 Å². The Kier molecular flexibility index (Phi) is 3.52. The number of amides is 1. The number of carbonyl (C=O) groups is 1. The lowest BCUT2D eigenvalue weighted by molar-refractivity contribution is 0.0785. The topological polar surface area (TPSA) is 72.1 Å². The Bertz CT molecular complexity index is 542. The molecule has 0 aliphatic rings. The molecule has 92 valence electrons. The lowest BCUT2D eigenvalue weighted by Gasteiger charge is -2.17. The van der Waals surface area contributed by atoms with Crippen molar-refractivity contribution in [1.82, 2.24) is 14.9 Å². The van der Waals surface area contributed by atoms with Gasteiger partial charge in [-0.1, -0.05) is 0 Å². The fraction of sp³-hybridized carbons (Fsp3) is 0.154. The molecule has 0 atom stereocenters. The summed E-state index contributed by atoms with van der Waals surface area (Å²) in [7, 11) is 1.73. The van der Waals surface area contributed by atoms with Gasteiger partial charge in [0.15, 0.2) is 0 Å². The minimum Gasteiger partial charge on any atom is -0.398 e. The molecule has 0 aliphatic carbocycles. The summed E-state index contributed by atoms with van der Waals surface area (Å²) in [6, 6.07) is 5.36. The van der Waals surface area contributed by atoms with Gasteiger partial charge in [-0.25, -0.2) is 0 Å². The first-order valence-corrected chi connectivity index (χ1v) is 5.52. The number of nitrogen functional groups attached to an aromatic ring is 1. The maximum absolute atomic E-state index is 12.2. The summed E-state index contributed by atoms with van der Waals surface area (Å²) in [5, 5.41) is 0. The van der Waals surface area contributed by atoms with Crippen LogP contribution in [0.15, 0.2) is 43.0 Å². The fourth-order valence-electron chi connectivity index (χ4n) is 1.62. The molecule has 0 fully saturated rings. The molecule has 2 N–H and O–H groups in total. The Balaban J connectivity index is 2.13. The summed E-state index contributed by atoms with van der Waals surface area (Å²) in [5.74, 6) is -0.141. The molecule has 1 amide bonds. The Labute approximate surface area is 105 Å². The smallest absolute Gasteiger partial charge is 0.257 e. The van der Waals surface area contributed by atoms with E-state index in [1.165, 1.54) is 6.20 Å². The Morgan fingerprint density at radius 3 is 2.56 bits per heavy atom. The fourth-order valence-corrected chi connectivity index (χ4v) is 1.62. The molecule has 0 saturated carbocycles. The van der Waals surface area contributed by atoms with E-state index in [-0.39, 0.29) is 5.91 Å². The second kappa shape index (κ2) is 5.27. The molecule has 0 aliphatic heterocycles. The van der Waals surface area contributed by atoms with Gasteiger partial charge in [0.2, 0.25) is 0 Å². The number of hydrogen-bond donors (Lipinski definition) is 1. The van der Waals surface area contributed by atoms with E-state index in [0.29, 0.717) is 17.8 Å². The third-order valence-corrected chi connectivity index (χ3v) is 2.60. The molecular formula is C13H14N4O. The van der Waals surface area contributed by atoms with Crippen LogP contribution in [0.4, 0.5) is 5.69 Å². The minimum absolute atomic E-state index is 0.141. The lowest BCUT2D eigenvalue weighted by atomic mass is 10.2. The predicted octanol–water partition coefficient (Wildman–Crippen LogP) is 1.33. The zero-order chi connectivity index (χ0) is 13.0. The van der Waals surface area contributed by atoms with Crippen molar-refractivity contribution in [2.45, 2.75) is 6.54 Å². The number of anilines is 1. The van der Waals surface area contributed by atoms with Gasteiger partial charge in [0, 0.05) is 44.1 Å². The first-order valence-electron chi connectivity index (χ1n) is 5.52. The van der Waals surface area contributed by atoms with Crippen LogP contribution >= 0.6 is 0 Å². The van der Waals surface area contributed by atoms with Crippen molar-refractivity contribution >= 4 is 11.6 Å². The summed E-state index contributed by atoms with van der Waals surface area (Å²) in [5.41, 5.74) is 7.64. The van der Waals surface area contributed by atoms with E-state index in [0.717, 1.165) is 5.56 Å². The summed E-state index contributed by atoms with van der Waals surface area (Å²) >= 11 is 0.